The lowest BCUT2D eigenvalue weighted by Crippen LogP contribution is -2.49. The van der Waals surface area contributed by atoms with E-state index in [-0.39, 0.29) is 12.5 Å². The van der Waals surface area contributed by atoms with Crippen LogP contribution >= 0.6 is 0 Å². The van der Waals surface area contributed by atoms with E-state index in [0.717, 1.165) is 44.1 Å². The topological polar surface area (TPSA) is 67.4 Å². The summed E-state index contributed by atoms with van der Waals surface area (Å²) in [4.78, 5) is 16.6. The van der Waals surface area contributed by atoms with E-state index in [0.29, 0.717) is 5.69 Å². The van der Waals surface area contributed by atoms with Crippen LogP contribution in [0.4, 0.5) is 5.69 Å². The van der Waals surface area contributed by atoms with Crippen molar-refractivity contribution in [2.45, 2.75) is 33.7 Å². The molecule has 1 aromatic heterocycles. The van der Waals surface area contributed by atoms with Gasteiger partial charge in [0.15, 0.2) is 0 Å². The zero-order chi connectivity index (χ0) is 14.7. The molecular formula is C14H25N5O. The molecule has 0 spiro atoms. The molecule has 2 N–H and O–H groups in total. The number of amides is 1. The number of aromatic nitrogens is 2. The van der Waals surface area contributed by atoms with Crippen molar-refractivity contribution in [3.05, 3.63) is 11.4 Å². The van der Waals surface area contributed by atoms with E-state index in [2.05, 4.69) is 16.9 Å². The molecule has 1 saturated heterocycles. The highest BCUT2D eigenvalue weighted by molar-refractivity contribution is 5.76. The largest absolute Gasteiger partial charge is 0.396 e. The maximum atomic E-state index is 12.3. The molecule has 6 heteroatoms. The van der Waals surface area contributed by atoms with Crippen LogP contribution in [0.15, 0.2) is 0 Å². The van der Waals surface area contributed by atoms with Gasteiger partial charge in [-0.2, -0.15) is 5.10 Å². The molecule has 0 atom stereocenters. The fourth-order valence-electron chi connectivity index (χ4n) is 2.63. The van der Waals surface area contributed by atoms with Crippen LogP contribution < -0.4 is 5.73 Å². The van der Waals surface area contributed by atoms with Gasteiger partial charge in [-0.1, -0.05) is 6.92 Å². The minimum Gasteiger partial charge on any atom is -0.396 e. The van der Waals surface area contributed by atoms with Crippen molar-refractivity contribution < 1.29 is 4.79 Å². The lowest BCUT2D eigenvalue weighted by molar-refractivity contribution is -0.133. The summed E-state index contributed by atoms with van der Waals surface area (Å²) in [7, 11) is 0. The van der Waals surface area contributed by atoms with Crippen molar-refractivity contribution in [3.8, 4) is 0 Å². The second-order valence-corrected chi connectivity index (χ2v) is 5.46. The fourth-order valence-corrected chi connectivity index (χ4v) is 2.63. The Hall–Kier alpha value is -1.56. The molecule has 1 amide bonds. The van der Waals surface area contributed by atoms with Gasteiger partial charge in [-0.25, -0.2) is 0 Å². The van der Waals surface area contributed by atoms with Crippen molar-refractivity contribution in [2.24, 2.45) is 0 Å². The smallest absolute Gasteiger partial charge is 0.244 e. The van der Waals surface area contributed by atoms with Gasteiger partial charge >= 0.3 is 0 Å². The standard InChI is InChI=1S/C14H25N5O/c1-4-5-17-6-8-18(9-7-17)13(20)10-19-12(3)14(15)11(2)16-19/h4-10,15H2,1-3H3. The second kappa shape index (κ2) is 6.26. The Morgan fingerprint density at radius 3 is 2.40 bits per heavy atom. The summed E-state index contributed by atoms with van der Waals surface area (Å²) in [6.45, 7) is 10.9. The summed E-state index contributed by atoms with van der Waals surface area (Å²) < 4.78 is 1.71. The van der Waals surface area contributed by atoms with Gasteiger partial charge in [-0.15, -0.1) is 0 Å². The van der Waals surface area contributed by atoms with Crippen molar-refractivity contribution in [3.63, 3.8) is 0 Å². The summed E-state index contributed by atoms with van der Waals surface area (Å²) in [5, 5.41) is 4.32. The lowest BCUT2D eigenvalue weighted by atomic mass is 10.3. The Labute approximate surface area is 120 Å². The first-order valence-electron chi connectivity index (χ1n) is 7.32. The third kappa shape index (κ3) is 3.12. The van der Waals surface area contributed by atoms with Gasteiger partial charge < -0.3 is 10.6 Å². The van der Waals surface area contributed by atoms with Crippen LogP contribution in [0.3, 0.4) is 0 Å². The van der Waals surface area contributed by atoms with Crippen molar-refractivity contribution >= 4 is 11.6 Å². The molecule has 0 aromatic carbocycles. The number of hydrogen-bond donors (Lipinski definition) is 1. The van der Waals surface area contributed by atoms with Gasteiger partial charge in [0, 0.05) is 26.2 Å². The SMILES string of the molecule is CCCN1CCN(C(=O)Cn2nc(C)c(N)c2C)CC1. The highest BCUT2D eigenvalue weighted by atomic mass is 16.2. The number of carbonyl (C=O) groups excluding carboxylic acids is 1. The number of rotatable bonds is 4. The number of nitrogens with zero attached hydrogens (tertiary/aromatic N) is 4. The van der Waals surface area contributed by atoms with Crippen LogP contribution in [0.25, 0.3) is 0 Å². The molecule has 20 heavy (non-hydrogen) atoms. The van der Waals surface area contributed by atoms with Crippen molar-refractivity contribution in [1.29, 1.82) is 0 Å². The monoisotopic (exact) mass is 279 g/mol. The molecule has 2 rings (SSSR count). The Bertz CT molecular complexity index is 474. The van der Waals surface area contributed by atoms with E-state index in [1.807, 2.05) is 18.7 Å². The Balaban J connectivity index is 1.91. The van der Waals surface area contributed by atoms with Gasteiger partial charge in [-0.05, 0) is 26.8 Å². The molecule has 0 bridgehead atoms. The summed E-state index contributed by atoms with van der Waals surface area (Å²) in [5.41, 5.74) is 8.25. The Morgan fingerprint density at radius 2 is 1.90 bits per heavy atom. The fraction of sp³-hybridized carbons (Fsp3) is 0.714. The molecule has 0 aliphatic carbocycles. The van der Waals surface area contributed by atoms with E-state index in [4.69, 9.17) is 5.73 Å². The van der Waals surface area contributed by atoms with Crippen LogP contribution in [0.5, 0.6) is 0 Å². The van der Waals surface area contributed by atoms with E-state index in [9.17, 15) is 4.79 Å². The number of nitrogens with two attached hydrogens (primary N) is 1. The van der Waals surface area contributed by atoms with Crippen LogP contribution in [0.2, 0.25) is 0 Å². The maximum absolute atomic E-state index is 12.3. The zero-order valence-corrected chi connectivity index (χ0v) is 12.7. The van der Waals surface area contributed by atoms with Gasteiger partial charge in [0.2, 0.25) is 5.91 Å². The maximum Gasteiger partial charge on any atom is 0.244 e. The number of hydrogen-bond acceptors (Lipinski definition) is 4. The summed E-state index contributed by atoms with van der Waals surface area (Å²) in [6.07, 6.45) is 1.17. The van der Waals surface area contributed by atoms with Crippen molar-refractivity contribution in [1.82, 2.24) is 19.6 Å². The van der Waals surface area contributed by atoms with Gasteiger partial charge in [0.25, 0.3) is 0 Å². The van der Waals surface area contributed by atoms with Gasteiger partial charge in [0.05, 0.1) is 17.1 Å². The minimum absolute atomic E-state index is 0.131. The van der Waals surface area contributed by atoms with E-state index in [1.165, 1.54) is 6.42 Å². The second-order valence-electron chi connectivity index (χ2n) is 5.46. The molecule has 2 heterocycles. The third-order valence-electron chi connectivity index (χ3n) is 3.99. The first-order chi connectivity index (χ1) is 9.52. The highest BCUT2D eigenvalue weighted by Gasteiger charge is 2.21. The normalized spacial score (nSPS) is 16.6. The third-order valence-corrected chi connectivity index (χ3v) is 3.99. The molecule has 1 aliphatic heterocycles. The molecule has 1 aliphatic rings. The van der Waals surface area contributed by atoms with Crippen LogP contribution in [-0.4, -0.2) is 58.2 Å². The predicted molar refractivity (Wildman–Crippen MR) is 79.4 cm³/mol. The van der Waals surface area contributed by atoms with Crippen LogP contribution in [0.1, 0.15) is 24.7 Å². The lowest BCUT2D eigenvalue weighted by Gasteiger charge is -2.34. The number of anilines is 1. The number of nitrogen functional groups attached to an aromatic ring is 1. The summed E-state index contributed by atoms with van der Waals surface area (Å²) in [6, 6.07) is 0. The quantitative estimate of drug-likeness (QED) is 0.878. The summed E-state index contributed by atoms with van der Waals surface area (Å²) in [5.74, 6) is 0.131. The van der Waals surface area contributed by atoms with E-state index in [1.54, 1.807) is 4.68 Å². The minimum atomic E-state index is 0.131. The molecule has 0 saturated carbocycles. The zero-order valence-electron chi connectivity index (χ0n) is 12.7. The number of aryl methyl sites for hydroxylation is 1. The molecule has 0 radical (unpaired) electrons. The first kappa shape index (κ1) is 14.8. The predicted octanol–water partition coefficient (Wildman–Crippen LogP) is 0.636. The molecule has 1 fully saturated rings. The first-order valence-corrected chi connectivity index (χ1v) is 7.32. The van der Waals surface area contributed by atoms with Gasteiger partial charge in [0.1, 0.15) is 6.54 Å². The Morgan fingerprint density at radius 1 is 1.25 bits per heavy atom. The van der Waals surface area contributed by atoms with Crippen LogP contribution in [0, 0.1) is 13.8 Å². The molecule has 0 unspecified atom stereocenters. The van der Waals surface area contributed by atoms with E-state index >= 15 is 0 Å². The van der Waals surface area contributed by atoms with Crippen molar-refractivity contribution in [2.75, 3.05) is 38.5 Å². The average molecular weight is 279 g/mol. The summed E-state index contributed by atoms with van der Waals surface area (Å²) >= 11 is 0. The number of piperazine rings is 1. The molecular weight excluding hydrogens is 254 g/mol. The average Bonchev–Trinajstić information content (AvgIpc) is 2.67. The molecule has 6 nitrogen and oxygen atoms in total. The number of carbonyl (C=O) groups is 1. The Kier molecular flexibility index (Phi) is 4.65. The van der Waals surface area contributed by atoms with Crippen LogP contribution in [-0.2, 0) is 11.3 Å². The molecule has 1 aromatic rings. The highest BCUT2D eigenvalue weighted by Crippen LogP contribution is 2.15. The van der Waals surface area contributed by atoms with Gasteiger partial charge in [-0.3, -0.25) is 14.4 Å². The molecule has 112 valence electrons. The van der Waals surface area contributed by atoms with E-state index < -0.39 is 0 Å².